The van der Waals surface area contributed by atoms with Gasteiger partial charge in [0, 0.05) is 54.6 Å². The smallest absolute Gasteiger partial charge is 0.256 e. The Hall–Kier alpha value is -3.52. The van der Waals surface area contributed by atoms with Crippen LogP contribution in [0.3, 0.4) is 0 Å². The molecule has 2 bridgehead atoms. The zero-order valence-electron chi connectivity index (χ0n) is 25.9. The molecule has 0 radical (unpaired) electrons. The summed E-state index contributed by atoms with van der Waals surface area (Å²) in [6.07, 6.45) is 15.2. The summed E-state index contributed by atoms with van der Waals surface area (Å²) in [5.74, 6) is 0.124. The van der Waals surface area contributed by atoms with Gasteiger partial charge in [-0.25, -0.2) is 4.39 Å². The van der Waals surface area contributed by atoms with Gasteiger partial charge < -0.3 is 19.7 Å². The molecule has 43 heavy (non-hydrogen) atoms. The van der Waals surface area contributed by atoms with Gasteiger partial charge in [-0.15, -0.1) is 0 Å². The second kappa shape index (κ2) is 12.2. The highest BCUT2D eigenvalue weighted by molar-refractivity contribution is 6.00. The first-order valence-corrected chi connectivity index (χ1v) is 16.0. The van der Waals surface area contributed by atoms with Crippen molar-refractivity contribution in [1.29, 1.82) is 0 Å². The molecule has 228 valence electrons. The monoisotopic (exact) mass is 585 g/mol. The number of hydrogen-bond donors (Lipinski definition) is 1. The van der Waals surface area contributed by atoms with E-state index in [1.54, 1.807) is 17.2 Å². The van der Waals surface area contributed by atoms with E-state index in [9.17, 15) is 14.0 Å². The lowest BCUT2D eigenvalue weighted by molar-refractivity contribution is -0.137. The number of amides is 2. The lowest BCUT2D eigenvalue weighted by Gasteiger charge is -2.44. The number of piperidine rings is 2. The Kier molecular flexibility index (Phi) is 8.40. The van der Waals surface area contributed by atoms with Crippen LogP contribution >= 0.6 is 0 Å². The van der Waals surface area contributed by atoms with Crippen molar-refractivity contribution >= 4 is 28.3 Å². The summed E-state index contributed by atoms with van der Waals surface area (Å²) in [5.41, 5.74) is 4.17. The van der Waals surface area contributed by atoms with E-state index in [0.717, 1.165) is 48.8 Å². The second-order valence-electron chi connectivity index (χ2n) is 13.1. The van der Waals surface area contributed by atoms with Crippen molar-refractivity contribution in [1.82, 2.24) is 24.7 Å². The highest BCUT2D eigenvalue weighted by atomic mass is 19.1. The Morgan fingerprint density at radius 1 is 1.05 bits per heavy atom. The van der Waals surface area contributed by atoms with Crippen LogP contribution in [0.15, 0.2) is 48.9 Å². The summed E-state index contributed by atoms with van der Waals surface area (Å²) in [6.45, 7) is 9.40. The van der Waals surface area contributed by atoms with Crippen LogP contribution in [0, 0.1) is 11.7 Å². The number of halogens is 1. The molecule has 2 aromatic heterocycles. The molecular weight excluding hydrogens is 541 g/mol. The number of rotatable bonds is 6. The van der Waals surface area contributed by atoms with E-state index in [0.29, 0.717) is 23.2 Å². The van der Waals surface area contributed by atoms with E-state index in [1.165, 1.54) is 43.4 Å². The topological polar surface area (TPSA) is 70.5 Å². The number of fused-ring (bicyclic) bond motifs is 4. The standard InChI is InChI=1S/C35H44FN5O2/c1-22(2)41(23(3)4)34(42)29-19-26(36)11-14-31(29)40-21-30(28-15-16-37-20-32(28)40)24-7-5-17-39(18-6-8-24)35(43)33-25-9-12-27(38-33)13-10-25/h7,11,14-16,19-23,25,27,33,38H,5-6,8-10,12-13,17-18H2,1-4H3. The van der Waals surface area contributed by atoms with Gasteiger partial charge in [0.25, 0.3) is 5.91 Å². The number of allylic oxidation sites excluding steroid dienone is 1. The van der Waals surface area contributed by atoms with Gasteiger partial charge in [0.2, 0.25) is 5.91 Å². The van der Waals surface area contributed by atoms with Crippen LogP contribution in [0.1, 0.15) is 88.6 Å². The first kappa shape index (κ1) is 29.5. The van der Waals surface area contributed by atoms with Crippen LogP contribution in [0.2, 0.25) is 0 Å². The fourth-order valence-electron chi connectivity index (χ4n) is 7.64. The number of carbonyl (C=O) groups excluding carboxylic acids is 2. The van der Waals surface area contributed by atoms with Gasteiger partial charge >= 0.3 is 0 Å². The normalized spacial score (nSPS) is 22.5. The van der Waals surface area contributed by atoms with E-state index in [2.05, 4.69) is 27.5 Å². The van der Waals surface area contributed by atoms with Gasteiger partial charge in [-0.2, -0.15) is 0 Å². The first-order chi connectivity index (χ1) is 20.7. The predicted octanol–water partition coefficient (Wildman–Crippen LogP) is 6.35. The SMILES string of the molecule is CC(C)N(C(=O)c1cc(F)ccc1-n1cc(C2=CCCN(C(=O)C3NC4CCC3CC4)CCC2)c2ccncc21)C(C)C. The summed E-state index contributed by atoms with van der Waals surface area (Å²) in [7, 11) is 0. The third kappa shape index (κ3) is 5.74. The fourth-order valence-corrected chi connectivity index (χ4v) is 7.64. The van der Waals surface area contributed by atoms with Crippen molar-refractivity contribution in [2.24, 2.45) is 5.92 Å². The maximum absolute atomic E-state index is 14.6. The Labute approximate surface area is 254 Å². The molecule has 5 heterocycles. The molecule has 1 aromatic carbocycles. The predicted molar refractivity (Wildman–Crippen MR) is 169 cm³/mol. The molecule has 2 saturated heterocycles. The fraction of sp³-hybridized carbons (Fsp3) is 0.514. The van der Waals surface area contributed by atoms with E-state index in [4.69, 9.17) is 0 Å². The molecule has 1 unspecified atom stereocenters. The van der Waals surface area contributed by atoms with Gasteiger partial charge in [-0.05, 0) is 108 Å². The van der Waals surface area contributed by atoms with Crippen LogP contribution in [0.5, 0.6) is 0 Å². The van der Waals surface area contributed by atoms with Gasteiger partial charge in [0.15, 0.2) is 0 Å². The highest BCUT2D eigenvalue weighted by Gasteiger charge is 2.40. The van der Waals surface area contributed by atoms with E-state index < -0.39 is 5.82 Å². The van der Waals surface area contributed by atoms with Crippen molar-refractivity contribution in [3.8, 4) is 5.69 Å². The zero-order valence-corrected chi connectivity index (χ0v) is 25.9. The summed E-state index contributed by atoms with van der Waals surface area (Å²) in [4.78, 5) is 35.6. The van der Waals surface area contributed by atoms with E-state index in [1.807, 2.05) is 44.5 Å². The average molecular weight is 586 g/mol. The first-order valence-electron chi connectivity index (χ1n) is 16.0. The quantitative estimate of drug-likeness (QED) is 0.366. The summed E-state index contributed by atoms with van der Waals surface area (Å²) in [5, 5.41) is 4.67. The van der Waals surface area contributed by atoms with Crippen molar-refractivity contribution < 1.29 is 14.0 Å². The average Bonchev–Trinajstić information content (AvgIpc) is 3.36. The lowest BCUT2D eigenvalue weighted by atomic mass is 9.76. The molecular formula is C35H44FN5O2. The van der Waals surface area contributed by atoms with E-state index >= 15 is 0 Å². The van der Waals surface area contributed by atoms with Crippen molar-refractivity contribution in [2.45, 2.75) is 96.8 Å². The number of carbonyl (C=O) groups is 2. The molecule has 3 aliphatic heterocycles. The minimum atomic E-state index is -0.438. The molecule has 0 spiro atoms. The molecule has 1 aliphatic carbocycles. The number of aromatic nitrogens is 2. The maximum Gasteiger partial charge on any atom is 0.256 e. The van der Waals surface area contributed by atoms with Gasteiger partial charge in [-0.3, -0.25) is 14.6 Å². The molecule has 4 aliphatic rings. The molecule has 1 N–H and O–H groups in total. The number of nitrogens with zero attached hydrogens (tertiary/aromatic N) is 4. The Balaban J connectivity index is 1.30. The largest absolute Gasteiger partial charge is 0.341 e. The maximum atomic E-state index is 14.6. The number of pyridine rings is 1. The third-order valence-electron chi connectivity index (χ3n) is 9.65. The van der Waals surface area contributed by atoms with Crippen LogP contribution in [-0.4, -0.2) is 68.4 Å². The molecule has 8 heteroatoms. The van der Waals surface area contributed by atoms with Crippen LogP contribution in [0.4, 0.5) is 4.39 Å². The van der Waals surface area contributed by atoms with Gasteiger partial charge in [0.1, 0.15) is 5.82 Å². The molecule has 1 saturated carbocycles. The molecule has 7 nitrogen and oxygen atoms in total. The second-order valence-corrected chi connectivity index (χ2v) is 13.1. The van der Waals surface area contributed by atoms with Crippen LogP contribution in [-0.2, 0) is 4.79 Å². The minimum Gasteiger partial charge on any atom is -0.341 e. The summed E-state index contributed by atoms with van der Waals surface area (Å²) < 4.78 is 16.6. The van der Waals surface area contributed by atoms with E-state index in [-0.39, 0.29) is 29.9 Å². The van der Waals surface area contributed by atoms with Gasteiger partial charge in [-0.1, -0.05) is 6.08 Å². The zero-order chi connectivity index (χ0) is 30.2. The number of benzene rings is 1. The third-order valence-corrected chi connectivity index (χ3v) is 9.65. The Bertz CT molecular complexity index is 1530. The van der Waals surface area contributed by atoms with Gasteiger partial charge in [0.05, 0.1) is 29.0 Å². The van der Waals surface area contributed by atoms with Crippen LogP contribution < -0.4 is 5.32 Å². The molecule has 7 rings (SSSR count). The summed E-state index contributed by atoms with van der Waals surface area (Å²) >= 11 is 0. The number of nitrogens with one attached hydrogen (secondary N) is 1. The number of hydrogen-bond acceptors (Lipinski definition) is 4. The molecule has 3 aromatic rings. The highest BCUT2D eigenvalue weighted by Crippen LogP contribution is 2.36. The van der Waals surface area contributed by atoms with Crippen LogP contribution in [0.25, 0.3) is 22.2 Å². The lowest BCUT2D eigenvalue weighted by Crippen LogP contribution is -2.59. The molecule has 2 amide bonds. The van der Waals surface area contributed by atoms with Crippen molar-refractivity contribution in [3.05, 3.63) is 65.9 Å². The molecule has 1 atom stereocenters. The summed E-state index contributed by atoms with van der Waals surface area (Å²) in [6, 6.07) is 6.90. The van der Waals surface area contributed by atoms with Crippen molar-refractivity contribution in [2.75, 3.05) is 13.1 Å². The Morgan fingerprint density at radius 2 is 1.81 bits per heavy atom. The Morgan fingerprint density at radius 3 is 2.51 bits per heavy atom. The molecule has 3 fully saturated rings. The van der Waals surface area contributed by atoms with Crippen molar-refractivity contribution in [3.63, 3.8) is 0 Å². The minimum absolute atomic E-state index is 0.0178.